The SMILES string of the molecule is CC(C)C(NC(=O)c1ccc(F)cc1)C(=O)NN=Cc1ccc(N(C)C)c([N+](=O)[O-])c1. The third-order valence-corrected chi connectivity index (χ3v) is 4.41. The van der Waals surface area contributed by atoms with Crippen molar-refractivity contribution < 1.29 is 18.9 Å². The summed E-state index contributed by atoms with van der Waals surface area (Å²) in [6, 6.07) is 8.64. The van der Waals surface area contributed by atoms with Crippen LogP contribution in [0.4, 0.5) is 15.8 Å². The number of rotatable bonds is 8. The standard InChI is InChI=1S/C21H24FN5O4/c1-13(2)19(24-20(28)15-6-8-16(22)9-7-15)21(29)25-23-12-14-5-10-17(26(3)4)18(11-14)27(30)31/h5-13,19H,1-4H3,(H,24,28)(H,25,29). The van der Waals surface area contributed by atoms with E-state index >= 15 is 0 Å². The quantitative estimate of drug-likeness (QED) is 0.380. The fourth-order valence-corrected chi connectivity index (χ4v) is 2.75. The molecule has 2 N–H and O–H groups in total. The van der Waals surface area contributed by atoms with Crippen molar-refractivity contribution in [2.75, 3.05) is 19.0 Å². The van der Waals surface area contributed by atoms with E-state index in [0.717, 1.165) is 12.1 Å². The monoisotopic (exact) mass is 429 g/mol. The summed E-state index contributed by atoms with van der Waals surface area (Å²) in [6.45, 7) is 3.50. The van der Waals surface area contributed by atoms with Gasteiger partial charge in [0.05, 0.1) is 11.1 Å². The number of amides is 2. The van der Waals surface area contributed by atoms with Gasteiger partial charge in [0, 0.05) is 31.3 Å². The van der Waals surface area contributed by atoms with Crippen LogP contribution < -0.4 is 15.6 Å². The number of hydrogen-bond donors (Lipinski definition) is 2. The number of anilines is 1. The van der Waals surface area contributed by atoms with Gasteiger partial charge in [-0.2, -0.15) is 5.10 Å². The highest BCUT2D eigenvalue weighted by molar-refractivity contribution is 5.97. The van der Waals surface area contributed by atoms with Gasteiger partial charge in [-0.25, -0.2) is 9.82 Å². The van der Waals surface area contributed by atoms with Gasteiger partial charge in [0.25, 0.3) is 17.5 Å². The van der Waals surface area contributed by atoms with E-state index in [4.69, 9.17) is 0 Å². The highest BCUT2D eigenvalue weighted by Gasteiger charge is 2.24. The molecule has 0 bridgehead atoms. The smallest absolute Gasteiger partial charge is 0.293 e. The number of halogens is 1. The predicted molar refractivity (Wildman–Crippen MR) is 116 cm³/mol. The molecular weight excluding hydrogens is 405 g/mol. The Bertz CT molecular complexity index is 990. The second-order valence-electron chi connectivity index (χ2n) is 7.34. The highest BCUT2D eigenvalue weighted by Crippen LogP contribution is 2.27. The largest absolute Gasteiger partial charge is 0.372 e. The molecule has 0 fully saturated rings. The lowest BCUT2D eigenvalue weighted by Gasteiger charge is -2.20. The van der Waals surface area contributed by atoms with Gasteiger partial charge in [-0.15, -0.1) is 0 Å². The second kappa shape index (κ2) is 10.3. The van der Waals surface area contributed by atoms with Crippen LogP contribution in [0, 0.1) is 21.8 Å². The Hall–Kier alpha value is -3.82. The molecule has 1 unspecified atom stereocenters. The zero-order valence-electron chi connectivity index (χ0n) is 17.6. The van der Waals surface area contributed by atoms with Crippen molar-refractivity contribution in [3.05, 3.63) is 69.5 Å². The number of nitro groups is 1. The van der Waals surface area contributed by atoms with Crippen LogP contribution in [-0.4, -0.2) is 43.1 Å². The molecule has 2 amide bonds. The Morgan fingerprint density at radius 1 is 1.16 bits per heavy atom. The summed E-state index contributed by atoms with van der Waals surface area (Å²) in [4.78, 5) is 37.2. The molecule has 2 aromatic rings. The second-order valence-corrected chi connectivity index (χ2v) is 7.34. The first-order valence-corrected chi connectivity index (χ1v) is 9.45. The summed E-state index contributed by atoms with van der Waals surface area (Å²) in [7, 11) is 3.39. The van der Waals surface area contributed by atoms with Crippen LogP contribution >= 0.6 is 0 Å². The third kappa shape index (κ3) is 6.33. The average Bonchev–Trinajstić information content (AvgIpc) is 2.71. The van der Waals surface area contributed by atoms with E-state index < -0.39 is 28.6 Å². The molecule has 31 heavy (non-hydrogen) atoms. The van der Waals surface area contributed by atoms with Crippen LogP contribution in [0.3, 0.4) is 0 Å². The topological polar surface area (TPSA) is 117 Å². The first-order valence-electron chi connectivity index (χ1n) is 9.45. The van der Waals surface area contributed by atoms with E-state index in [1.54, 1.807) is 45.0 Å². The molecule has 0 aromatic heterocycles. The predicted octanol–water partition coefficient (Wildman–Crippen LogP) is 2.70. The molecule has 9 nitrogen and oxygen atoms in total. The Balaban J connectivity index is 2.08. The molecule has 0 aliphatic heterocycles. The zero-order valence-corrected chi connectivity index (χ0v) is 17.6. The van der Waals surface area contributed by atoms with Crippen LogP contribution in [0.5, 0.6) is 0 Å². The van der Waals surface area contributed by atoms with Gasteiger partial charge >= 0.3 is 0 Å². The van der Waals surface area contributed by atoms with Gasteiger partial charge in [0.2, 0.25) is 0 Å². The summed E-state index contributed by atoms with van der Waals surface area (Å²) in [5.74, 6) is -1.79. The number of nitro benzene ring substituents is 1. The zero-order chi connectivity index (χ0) is 23.1. The van der Waals surface area contributed by atoms with Crippen molar-refractivity contribution in [3.63, 3.8) is 0 Å². The van der Waals surface area contributed by atoms with E-state index in [9.17, 15) is 24.1 Å². The van der Waals surface area contributed by atoms with E-state index in [1.807, 2.05) is 0 Å². The third-order valence-electron chi connectivity index (χ3n) is 4.41. The minimum absolute atomic E-state index is 0.0908. The lowest BCUT2D eigenvalue weighted by atomic mass is 10.0. The lowest BCUT2D eigenvalue weighted by molar-refractivity contribution is -0.384. The number of carbonyl (C=O) groups is 2. The van der Waals surface area contributed by atoms with E-state index in [-0.39, 0.29) is 17.2 Å². The molecule has 0 heterocycles. The number of carbonyl (C=O) groups excluding carboxylic acids is 2. The van der Waals surface area contributed by atoms with Crippen molar-refractivity contribution in [2.45, 2.75) is 19.9 Å². The Labute approximate surface area is 179 Å². The van der Waals surface area contributed by atoms with Crippen molar-refractivity contribution in [3.8, 4) is 0 Å². The van der Waals surface area contributed by atoms with Crippen LogP contribution in [0.25, 0.3) is 0 Å². The number of hydrogen-bond acceptors (Lipinski definition) is 6. The van der Waals surface area contributed by atoms with Crippen LogP contribution in [0.2, 0.25) is 0 Å². The maximum atomic E-state index is 13.0. The highest BCUT2D eigenvalue weighted by atomic mass is 19.1. The van der Waals surface area contributed by atoms with Crippen LogP contribution in [0.1, 0.15) is 29.8 Å². The molecular formula is C21H24FN5O4. The van der Waals surface area contributed by atoms with Gasteiger partial charge in [-0.1, -0.05) is 19.9 Å². The summed E-state index contributed by atoms with van der Waals surface area (Å²) in [5.41, 5.74) is 3.33. The number of nitrogens with zero attached hydrogens (tertiary/aromatic N) is 3. The van der Waals surface area contributed by atoms with E-state index in [0.29, 0.717) is 11.3 Å². The molecule has 2 aromatic carbocycles. The Morgan fingerprint density at radius 3 is 2.35 bits per heavy atom. The Kier molecular flexibility index (Phi) is 7.78. The summed E-state index contributed by atoms with van der Waals surface area (Å²) >= 11 is 0. The Morgan fingerprint density at radius 2 is 1.81 bits per heavy atom. The minimum atomic E-state index is -0.889. The maximum absolute atomic E-state index is 13.0. The molecule has 164 valence electrons. The van der Waals surface area contributed by atoms with Gasteiger partial charge in [-0.05, 0) is 36.2 Å². The van der Waals surface area contributed by atoms with Gasteiger partial charge in [-0.3, -0.25) is 19.7 Å². The fourth-order valence-electron chi connectivity index (χ4n) is 2.75. The molecule has 0 aliphatic carbocycles. The van der Waals surface area contributed by atoms with E-state index in [2.05, 4.69) is 15.8 Å². The normalized spacial score (nSPS) is 11.9. The van der Waals surface area contributed by atoms with Crippen molar-refractivity contribution in [1.82, 2.24) is 10.7 Å². The van der Waals surface area contributed by atoms with Gasteiger partial charge < -0.3 is 10.2 Å². The first kappa shape index (κ1) is 23.5. The van der Waals surface area contributed by atoms with Gasteiger partial charge in [0.1, 0.15) is 17.5 Å². The maximum Gasteiger partial charge on any atom is 0.293 e. The average molecular weight is 429 g/mol. The molecule has 2 rings (SSSR count). The number of benzene rings is 2. The number of hydrazone groups is 1. The van der Waals surface area contributed by atoms with Crippen molar-refractivity contribution in [2.24, 2.45) is 11.0 Å². The van der Waals surface area contributed by atoms with Crippen LogP contribution in [0.15, 0.2) is 47.6 Å². The molecule has 0 spiro atoms. The molecule has 0 aliphatic rings. The number of nitrogens with one attached hydrogen (secondary N) is 2. The molecule has 0 saturated carbocycles. The lowest BCUT2D eigenvalue weighted by Crippen LogP contribution is -2.48. The fraction of sp³-hybridized carbons (Fsp3) is 0.286. The molecule has 0 saturated heterocycles. The van der Waals surface area contributed by atoms with Crippen molar-refractivity contribution >= 4 is 29.4 Å². The molecule has 10 heteroatoms. The summed E-state index contributed by atoms with van der Waals surface area (Å²) < 4.78 is 13.0. The van der Waals surface area contributed by atoms with Gasteiger partial charge in [0.15, 0.2) is 0 Å². The molecule has 1 atom stereocenters. The minimum Gasteiger partial charge on any atom is -0.372 e. The van der Waals surface area contributed by atoms with Crippen molar-refractivity contribution in [1.29, 1.82) is 0 Å². The molecule has 0 radical (unpaired) electrons. The summed E-state index contributed by atoms with van der Waals surface area (Å²) in [6.07, 6.45) is 1.28. The first-order chi connectivity index (χ1) is 14.6. The summed E-state index contributed by atoms with van der Waals surface area (Å²) in [5, 5.41) is 17.7. The van der Waals surface area contributed by atoms with E-state index in [1.165, 1.54) is 24.4 Å². The van der Waals surface area contributed by atoms with Crippen LogP contribution in [-0.2, 0) is 4.79 Å².